The molecule has 0 atom stereocenters. The Morgan fingerprint density at radius 1 is 0.771 bits per heavy atom. The van der Waals surface area contributed by atoms with E-state index in [0.29, 0.717) is 0 Å². The Kier molecular flexibility index (Phi) is 12.8. The third kappa shape index (κ3) is 8.10. The number of allylic oxidation sites excluding steroid dienone is 6. The standard InChI is InChI=1S/C24H26.C16H16.C6H10.C2H6/c1-17-13-15-19(16-14-17)22-11-6-12-23(24(22)20-8-5-9-20)21-10-4-3-7-18(21)2;1-11-8-9-15-13(10-11)12-6-4-5-7-14(12)16(15,2)3;1-4-6(3)5-2;1-2/h3-4,7,10-11,13-16,20H,5-6,8-9,12H2,1-2H3;4-10H,1-3H3;4H,1,3,5H2,2H3;1-2H3. The summed E-state index contributed by atoms with van der Waals surface area (Å²) in [6.07, 6.45) is 11.7. The van der Waals surface area contributed by atoms with Crippen LogP contribution < -0.4 is 0 Å². The van der Waals surface area contributed by atoms with E-state index in [1.165, 1.54) is 81.3 Å². The highest BCUT2D eigenvalue weighted by molar-refractivity contribution is 5.92. The smallest absolute Gasteiger partial charge is 0.0158 e. The summed E-state index contributed by atoms with van der Waals surface area (Å²) in [7, 11) is 0. The van der Waals surface area contributed by atoms with E-state index in [4.69, 9.17) is 0 Å². The molecule has 3 aliphatic carbocycles. The molecule has 0 amide bonds. The van der Waals surface area contributed by atoms with Crippen LogP contribution in [-0.4, -0.2) is 0 Å². The van der Waals surface area contributed by atoms with Crippen molar-refractivity contribution in [1.82, 2.24) is 0 Å². The molecule has 0 radical (unpaired) electrons. The molecule has 1 saturated carbocycles. The fourth-order valence-corrected chi connectivity index (χ4v) is 7.11. The van der Waals surface area contributed by atoms with Crippen molar-refractivity contribution in [3.05, 3.63) is 166 Å². The lowest BCUT2D eigenvalue weighted by Gasteiger charge is -2.35. The Morgan fingerprint density at radius 3 is 1.96 bits per heavy atom. The number of benzene rings is 4. The fourth-order valence-electron chi connectivity index (χ4n) is 7.11. The minimum Gasteiger partial charge on any atom is -0.0988 e. The first-order valence-electron chi connectivity index (χ1n) is 18.2. The SMILES string of the molecule is C=CC(=C)CC.CC.Cc1ccc(C2=CCCC(c3ccccc3C)=C2C2CCC2)cc1.Cc1ccc2c(c1)-c1ccccc1C2(C)C. The lowest BCUT2D eigenvalue weighted by atomic mass is 9.70. The van der Waals surface area contributed by atoms with Gasteiger partial charge in [-0.1, -0.05) is 174 Å². The van der Waals surface area contributed by atoms with Crippen molar-refractivity contribution in [3.8, 4) is 11.1 Å². The third-order valence-corrected chi connectivity index (χ3v) is 10.2. The van der Waals surface area contributed by atoms with Gasteiger partial charge in [0.15, 0.2) is 0 Å². The van der Waals surface area contributed by atoms with Crippen LogP contribution in [0.15, 0.2) is 127 Å². The van der Waals surface area contributed by atoms with Crippen molar-refractivity contribution in [1.29, 1.82) is 0 Å². The quantitative estimate of drug-likeness (QED) is 0.192. The molecule has 0 bridgehead atoms. The zero-order valence-electron chi connectivity index (χ0n) is 31.0. The van der Waals surface area contributed by atoms with Gasteiger partial charge in [-0.2, -0.15) is 0 Å². The van der Waals surface area contributed by atoms with Gasteiger partial charge in [0.05, 0.1) is 0 Å². The van der Waals surface area contributed by atoms with Gasteiger partial charge in [0, 0.05) is 5.41 Å². The number of aryl methyl sites for hydroxylation is 3. The van der Waals surface area contributed by atoms with Gasteiger partial charge in [-0.3, -0.25) is 0 Å². The highest BCUT2D eigenvalue weighted by Crippen LogP contribution is 2.49. The number of hydrogen-bond donors (Lipinski definition) is 0. The average Bonchev–Trinajstić information content (AvgIpc) is 3.31. The Morgan fingerprint density at radius 2 is 1.38 bits per heavy atom. The van der Waals surface area contributed by atoms with E-state index in [1.807, 2.05) is 13.8 Å². The zero-order valence-corrected chi connectivity index (χ0v) is 31.0. The number of hydrogen-bond acceptors (Lipinski definition) is 0. The first-order chi connectivity index (χ1) is 23.1. The second-order valence-corrected chi connectivity index (χ2v) is 13.8. The summed E-state index contributed by atoms with van der Waals surface area (Å²) in [5, 5.41) is 0. The van der Waals surface area contributed by atoms with Gasteiger partial charge in [0.25, 0.3) is 0 Å². The summed E-state index contributed by atoms with van der Waals surface area (Å²) in [6.45, 7) is 24.5. The van der Waals surface area contributed by atoms with E-state index in [1.54, 1.807) is 17.2 Å². The second kappa shape index (κ2) is 16.8. The maximum absolute atomic E-state index is 3.67. The zero-order chi connectivity index (χ0) is 34.8. The summed E-state index contributed by atoms with van der Waals surface area (Å²) in [4.78, 5) is 0. The molecule has 0 heteroatoms. The maximum Gasteiger partial charge on any atom is 0.0158 e. The van der Waals surface area contributed by atoms with E-state index in [9.17, 15) is 0 Å². The molecule has 0 aliphatic heterocycles. The van der Waals surface area contributed by atoms with Crippen LogP contribution in [0, 0.1) is 26.7 Å². The Labute approximate surface area is 293 Å². The summed E-state index contributed by atoms with van der Waals surface area (Å²) >= 11 is 0. The van der Waals surface area contributed by atoms with Crippen LogP contribution in [0.4, 0.5) is 0 Å². The largest absolute Gasteiger partial charge is 0.0988 e. The van der Waals surface area contributed by atoms with E-state index in [0.717, 1.165) is 24.3 Å². The summed E-state index contributed by atoms with van der Waals surface area (Å²) < 4.78 is 0. The molecule has 0 heterocycles. The molecule has 48 heavy (non-hydrogen) atoms. The number of fused-ring (bicyclic) bond motifs is 3. The maximum atomic E-state index is 3.67. The van der Waals surface area contributed by atoms with Crippen molar-refractivity contribution in [2.75, 3.05) is 0 Å². The average molecular weight is 635 g/mol. The van der Waals surface area contributed by atoms with E-state index in [-0.39, 0.29) is 5.41 Å². The van der Waals surface area contributed by atoms with Gasteiger partial charge in [0.1, 0.15) is 0 Å². The van der Waals surface area contributed by atoms with Gasteiger partial charge in [-0.05, 0) is 114 Å². The van der Waals surface area contributed by atoms with Crippen molar-refractivity contribution in [3.63, 3.8) is 0 Å². The van der Waals surface area contributed by atoms with Crippen LogP contribution in [0.1, 0.15) is 112 Å². The molecule has 7 rings (SSSR count). The van der Waals surface area contributed by atoms with Crippen LogP contribution in [0.2, 0.25) is 0 Å². The minimum absolute atomic E-state index is 0.152. The van der Waals surface area contributed by atoms with E-state index in [2.05, 4.69) is 152 Å². The molecule has 4 aromatic carbocycles. The third-order valence-electron chi connectivity index (χ3n) is 10.2. The first kappa shape index (κ1) is 36.7. The van der Waals surface area contributed by atoms with Crippen LogP contribution in [0.5, 0.6) is 0 Å². The lowest BCUT2D eigenvalue weighted by molar-refractivity contribution is 0.376. The molecular formula is C48H58. The molecule has 0 spiro atoms. The van der Waals surface area contributed by atoms with Gasteiger partial charge >= 0.3 is 0 Å². The molecule has 0 unspecified atom stereocenters. The fraction of sp³-hybridized carbons (Fsp3) is 0.333. The second-order valence-electron chi connectivity index (χ2n) is 13.8. The van der Waals surface area contributed by atoms with Crippen molar-refractivity contribution in [2.24, 2.45) is 5.92 Å². The first-order valence-corrected chi connectivity index (χ1v) is 18.2. The van der Waals surface area contributed by atoms with Crippen LogP contribution in [-0.2, 0) is 5.41 Å². The summed E-state index contributed by atoms with van der Waals surface area (Å²) in [5.74, 6) is 0.757. The predicted octanol–water partition coefficient (Wildman–Crippen LogP) is 14.2. The van der Waals surface area contributed by atoms with E-state index < -0.39 is 0 Å². The Balaban J connectivity index is 0.000000186. The topological polar surface area (TPSA) is 0 Å². The molecule has 0 nitrogen and oxygen atoms in total. The number of rotatable bonds is 5. The molecular weight excluding hydrogens is 577 g/mol. The monoisotopic (exact) mass is 634 g/mol. The molecule has 250 valence electrons. The van der Waals surface area contributed by atoms with Crippen molar-refractivity contribution in [2.45, 2.75) is 99.3 Å². The van der Waals surface area contributed by atoms with Crippen molar-refractivity contribution < 1.29 is 0 Å². The molecule has 1 fully saturated rings. The summed E-state index contributed by atoms with van der Waals surface area (Å²) in [6, 6.07) is 33.6. The van der Waals surface area contributed by atoms with Gasteiger partial charge in [-0.25, -0.2) is 0 Å². The summed E-state index contributed by atoms with van der Waals surface area (Å²) in [5.41, 5.74) is 18.7. The predicted molar refractivity (Wildman–Crippen MR) is 214 cm³/mol. The minimum atomic E-state index is 0.152. The molecule has 4 aromatic rings. The molecule has 3 aliphatic rings. The highest BCUT2D eigenvalue weighted by Gasteiger charge is 2.34. The molecule has 0 N–H and O–H groups in total. The normalized spacial score (nSPS) is 15.5. The van der Waals surface area contributed by atoms with Gasteiger partial charge in [0.2, 0.25) is 0 Å². The molecule has 0 saturated heterocycles. The van der Waals surface area contributed by atoms with E-state index >= 15 is 0 Å². The van der Waals surface area contributed by atoms with Crippen LogP contribution in [0.3, 0.4) is 0 Å². The van der Waals surface area contributed by atoms with Gasteiger partial charge in [-0.15, -0.1) is 0 Å². The Hall–Kier alpha value is -4.16. The highest BCUT2D eigenvalue weighted by atomic mass is 14.4. The van der Waals surface area contributed by atoms with Gasteiger partial charge < -0.3 is 0 Å². The lowest BCUT2D eigenvalue weighted by Crippen LogP contribution is -2.18. The van der Waals surface area contributed by atoms with Crippen molar-refractivity contribution >= 4 is 11.1 Å². The molecule has 0 aromatic heterocycles. The Bertz CT molecular complexity index is 1770. The van der Waals surface area contributed by atoms with Crippen LogP contribution >= 0.6 is 0 Å². The van der Waals surface area contributed by atoms with Crippen LogP contribution in [0.25, 0.3) is 22.3 Å².